The molecule has 2 aromatic carbocycles. The molecule has 0 atom stereocenters. The second-order valence-electron chi connectivity index (χ2n) is 4.46. The van der Waals surface area contributed by atoms with Crippen LogP contribution in [-0.2, 0) is 9.53 Å². The molecule has 0 spiro atoms. The lowest BCUT2D eigenvalue weighted by Crippen LogP contribution is -2.14. The Morgan fingerprint density at radius 1 is 0.955 bits per heavy atom. The number of benzene rings is 2. The van der Waals surface area contributed by atoms with Gasteiger partial charge in [-0.05, 0) is 12.1 Å². The van der Waals surface area contributed by atoms with Crippen molar-refractivity contribution in [1.29, 1.82) is 0 Å². The minimum Gasteiger partial charge on any atom is -0.454 e. The molecule has 0 aromatic heterocycles. The van der Waals surface area contributed by atoms with Gasteiger partial charge in [-0.1, -0.05) is 54.2 Å². The van der Waals surface area contributed by atoms with Gasteiger partial charge < -0.3 is 4.74 Å². The van der Waals surface area contributed by atoms with E-state index in [1.165, 1.54) is 6.92 Å². The van der Waals surface area contributed by atoms with Gasteiger partial charge in [0.05, 0.1) is 5.56 Å². The van der Waals surface area contributed by atoms with Gasteiger partial charge in [-0.15, -0.1) is 0 Å². The van der Waals surface area contributed by atoms with Gasteiger partial charge >= 0.3 is 5.97 Å². The first-order valence-corrected chi connectivity index (χ1v) is 7.42. The molecule has 0 saturated carbocycles. The van der Waals surface area contributed by atoms with Gasteiger partial charge in [0.2, 0.25) is 0 Å². The fourth-order valence-corrected chi connectivity index (χ4v) is 2.51. The molecule has 0 aliphatic rings. The second kappa shape index (κ2) is 7.56. The topological polar surface area (TPSA) is 60.4 Å². The van der Waals surface area contributed by atoms with Crippen molar-refractivity contribution in [3.63, 3.8) is 0 Å². The van der Waals surface area contributed by atoms with Gasteiger partial charge in [0.15, 0.2) is 17.5 Å². The predicted octanol–water partition coefficient (Wildman–Crippen LogP) is 3.36. The summed E-state index contributed by atoms with van der Waals surface area (Å²) in [5.74, 6) is -0.890. The van der Waals surface area contributed by atoms with Gasteiger partial charge in [0.1, 0.15) is 0 Å². The van der Waals surface area contributed by atoms with E-state index in [4.69, 9.17) is 4.74 Å². The summed E-state index contributed by atoms with van der Waals surface area (Å²) in [7, 11) is 0. The molecule has 112 valence electrons. The minimum absolute atomic E-state index is 0.124. The van der Waals surface area contributed by atoms with Crippen molar-refractivity contribution in [3.05, 3.63) is 65.7 Å². The Morgan fingerprint density at radius 2 is 1.59 bits per heavy atom. The summed E-state index contributed by atoms with van der Waals surface area (Å²) in [4.78, 5) is 35.7. The van der Waals surface area contributed by atoms with Crippen molar-refractivity contribution in [2.75, 3.05) is 6.61 Å². The molecule has 0 amide bonds. The van der Waals surface area contributed by atoms with E-state index in [1.807, 2.05) is 0 Å². The molecule has 2 aromatic rings. The number of hydrogen-bond donors (Lipinski definition) is 0. The highest BCUT2D eigenvalue weighted by Crippen LogP contribution is 2.23. The van der Waals surface area contributed by atoms with E-state index < -0.39 is 5.97 Å². The van der Waals surface area contributed by atoms with Crippen LogP contribution < -0.4 is 0 Å². The maximum atomic E-state index is 12.1. The van der Waals surface area contributed by atoms with Crippen LogP contribution in [0.25, 0.3) is 0 Å². The molecule has 0 radical (unpaired) electrons. The normalized spacial score (nSPS) is 10.0. The number of carbonyl (C=O) groups is 3. The first-order chi connectivity index (χ1) is 10.6. The molecule has 0 aliphatic heterocycles. The number of esters is 1. The molecule has 5 heteroatoms. The Morgan fingerprint density at radius 3 is 2.27 bits per heavy atom. The minimum atomic E-state index is -0.617. The fraction of sp³-hybridized carbons (Fsp3) is 0.118. The number of ketones is 1. The van der Waals surface area contributed by atoms with Crippen molar-refractivity contribution in [1.82, 2.24) is 0 Å². The Bertz CT molecular complexity index is 695. The third-order valence-corrected chi connectivity index (χ3v) is 3.65. The van der Waals surface area contributed by atoms with Crippen LogP contribution in [0.1, 0.15) is 27.6 Å². The van der Waals surface area contributed by atoms with Crippen molar-refractivity contribution in [2.24, 2.45) is 0 Å². The zero-order valence-electron chi connectivity index (χ0n) is 11.9. The molecular formula is C17H14O4S. The van der Waals surface area contributed by atoms with Crippen molar-refractivity contribution in [3.8, 4) is 0 Å². The van der Waals surface area contributed by atoms with Crippen LogP contribution in [-0.4, -0.2) is 23.5 Å². The van der Waals surface area contributed by atoms with Gasteiger partial charge in [0, 0.05) is 17.4 Å². The second-order valence-corrected chi connectivity index (χ2v) is 5.67. The smallest absolute Gasteiger partial charge is 0.339 e. The van der Waals surface area contributed by atoms with Crippen LogP contribution in [0.2, 0.25) is 0 Å². The Hall–Kier alpha value is -2.40. The van der Waals surface area contributed by atoms with Crippen molar-refractivity contribution >= 4 is 28.6 Å². The average molecular weight is 314 g/mol. The maximum Gasteiger partial charge on any atom is 0.339 e. The summed E-state index contributed by atoms with van der Waals surface area (Å²) >= 11 is 0.959. The third-order valence-electron chi connectivity index (χ3n) is 2.79. The number of rotatable bonds is 5. The van der Waals surface area contributed by atoms with E-state index in [-0.39, 0.29) is 23.1 Å². The number of Topliss-reactive ketones (excluding diaryl/α,β-unsaturated/α-hetero) is 1. The van der Waals surface area contributed by atoms with Crippen LogP contribution in [0.3, 0.4) is 0 Å². The first-order valence-electron chi connectivity index (χ1n) is 6.61. The average Bonchev–Trinajstić information content (AvgIpc) is 2.53. The van der Waals surface area contributed by atoms with Gasteiger partial charge in [-0.25, -0.2) is 4.79 Å². The van der Waals surface area contributed by atoms with Gasteiger partial charge in [0.25, 0.3) is 0 Å². The lowest BCUT2D eigenvalue weighted by atomic mass is 10.1. The fourth-order valence-electron chi connectivity index (χ4n) is 1.80. The third kappa shape index (κ3) is 4.30. The molecule has 0 N–H and O–H groups in total. The van der Waals surface area contributed by atoms with Crippen LogP contribution in [0.15, 0.2) is 59.5 Å². The summed E-state index contributed by atoms with van der Waals surface area (Å²) in [6.45, 7) is 1.09. The quantitative estimate of drug-likeness (QED) is 0.481. The van der Waals surface area contributed by atoms with Crippen molar-refractivity contribution < 1.29 is 19.1 Å². The summed E-state index contributed by atoms with van der Waals surface area (Å²) < 4.78 is 5.05. The van der Waals surface area contributed by atoms with Gasteiger partial charge in [-0.2, -0.15) is 0 Å². The highest BCUT2D eigenvalue weighted by atomic mass is 32.2. The van der Waals surface area contributed by atoms with E-state index in [9.17, 15) is 14.4 Å². The lowest BCUT2D eigenvalue weighted by molar-refractivity contribution is -0.109. The van der Waals surface area contributed by atoms with Crippen LogP contribution in [0.4, 0.5) is 0 Å². The molecule has 0 aliphatic carbocycles. The van der Waals surface area contributed by atoms with E-state index in [0.29, 0.717) is 10.5 Å². The highest BCUT2D eigenvalue weighted by molar-refractivity contribution is 8.13. The van der Waals surface area contributed by atoms with Crippen LogP contribution in [0, 0.1) is 0 Å². The molecule has 0 bridgehead atoms. The first kappa shape index (κ1) is 16.0. The molecule has 2 rings (SSSR count). The molecule has 4 nitrogen and oxygen atoms in total. The van der Waals surface area contributed by atoms with Crippen LogP contribution in [0.5, 0.6) is 0 Å². The lowest BCUT2D eigenvalue weighted by Gasteiger charge is -2.07. The molecular weight excluding hydrogens is 300 g/mol. The predicted molar refractivity (Wildman–Crippen MR) is 84.0 cm³/mol. The Balaban J connectivity index is 2.04. The standard InChI is InChI=1S/C17H14O4S/c1-12(18)22-16-10-6-5-9-14(16)17(20)21-11-15(19)13-7-3-2-4-8-13/h2-10H,11H2,1H3. The monoisotopic (exact) mass is 314 g/mol. The number of hydrogen-bond acceptors (Lipinski definition) is 5. The number of thioether (sulfide) groups is 1. The largest absolute Gasteiger partial charge is 0.454 e. The molecule has 0 unspecified atom stereocenters. The summed E-state index contributed by atoms with van der Waals surface area (Å²) in [6.07, 6.45) is 0. The molecule has 0 fully saturated rings. The van der Waals surface area contributed by atoms with E-state index in [0.717, 1.165) is 11.8 Å². The molecule has 0 heterocycles. The zero-order chi connectivity index (χ0) is 15.9. The van der Waals surface area contributed by atoms with Gasteiger partial charge in [-0.3, -0.25) is 9.59 Å². The van der Waals surface area contributed by atoms with E-state index in [2.05, 4.69) is 0 Å². The maximum absolute atomic E-state index is 12.1. The zero-order valence-corrected chi connectivity index (χ0v) is 12.8. The number of ether oxygens (including phenoxy) is 1. The summed E-state index contributed by atoms with van der Waals surface area (Å²) in [6, 6.07) is 15.3. The number of carbonyl (C=O) groups excluding carboxylic acids is 3. The van der Waals surface area contributed by atoms with Crippen LogP contribution >= 0.6 is 11.8 Å². The van der Waals surface area contributed by atoms with E-state index in [1.54, 1.807) is 54.6 Å². The summed E-state index contributed by atoms with van der Waals surface area (Å²) in [5.41, 5.74) is 0.769. The van der Waals surface area contributed by atoms with E-state index >= 15 is 0 Å². The Labute approximate surface area is 132 Å². The Kier molecular flexibility index (Phi) is 5.49. The molecule has 0 saturated heterocycles. The highest BCUT2D eigenvalue weighted by Gasteiger charge is 2.16. The SMILES string of the molecule is CC(=O)Sc1ccccc1C(=O)OCC(=O)c1ccccc1. The van der Waals surface area contributed by atoms with Crippen molar-refractivity contribution in [2.45, 2.75) is 11.8 Å². The summed E-state index contributed by atoms with van der Waals surface area (Å²) in [5, 5.41) is -0.124. The molecule has 22 heavy (non-hydrogen) atoms.